The van der Waals surface area contributed by atoms with Crippen LogP contribution in [0.25, 0.3) is 0 Å². The van der Waals surface area contributed by atoms with Crippen molar-refractivity contribution >= 4 is 44.8 Å². The van der Waals surface area contributed by atoms with Gasteiger partial charge in [0.15, 0.2) is 0 Å². The molecule has 1 aliphatic heterocycles. The van der Waals surface area contributed by atoms with E-state index in [1.54, 1.807) is 6.07 Å². The minimum Gasteiger partial charge on any atom is -0.390 e. The monoisotopic (exact) mass is 546 g/mol. The van der Waals surface area contributed by atoms with Gasteiger partial charge in [-0.1, -0.05) is 11.6 Å². The first kappa shape index (κ1) is 26.4. The summed E-state index contributed by atoms with van der Waals surface area (Å²) in [6.45, 7) is 1.16. The van der Waals surface area contributed by atoms with Crippen molar-refractivity contribution in [3.05, 3.63) is 38.9 Å². The highest BCUT2D eigenvalue weighted by Gasteiger charge is 2.37. The lowest BCUT2D eigenvalue weighted by molar-refractivity contribution is 0.00736. The summed E-state index contributed by atoms with van der Waals surface area (Å²) in [6, 6.07) is 1.22. The largest absolute Gasteiger partial charge is 0.390 e. The molecule has 1 saturated carbocycles. The lowest BCUT2D eigenvalue weighted by atomic mass is 9.90. The van der Waals surface area contributed by atoms with Gasteiger partial charge in [-0.3, -0.25) is 8.98 Å². The molecule has 3 heterocycles. The van der Waals surface area contributed by atoms with Gasteiger partial charge in [-0.05, 0) is 37.7 Å². The Bertz CT molecular complexity index is 1160. The number of carbonyl (C=O) groups is 1. The number of nitrogens with one attached hydrogen (secondary N) is 2. The summed E-state index contributed by atoms with van der Waals surface area (Å²) in [4.78, 5) is 21.8. The smallest absolute Gasteiger partial charge is 0.335 e. The Morgan fingerprint density at radius 3 is 2.80 bits per heavy atom. The molecule has 1 saturated heterocycles. The second-order valence-corrected chi connectivity index (χ2v) is 11.7. The molecule has 35 heavy (non-hydrogen) atoms. The van der Waals surface area contributed by atoms with Gasteiger partial charge in [0, 0.05) is 38.1 Å². The zero-order valence-corrected chi connectivity index (χ0v) is 21.3. The number of rotatable bonds is 9. The number of aliphatic hydroxyl groups excluding tert-OH is 2. The minimum absolute atomic E-state index is 0.00627. The molecule has 2 aromatic heterocycles. The number of ether oxygens (including phenoxy) is 1. The molecule has 4 N–H and O–H groups in total. The predicted molar refractivity (Wildman–Crippen MR) is 129 cm³/mol. The van der Waals surface area contributed by atoms with Gasteiger partial charge in [0.1, 0.15) is 18.2 Å². The van der Waals surface area contributed by atoms with E-state index < -0.39 is 28.6 Å². The van der Waals surface area contributed by atoms with Crippen LogP contribution in [0.5, 0.6) is 0 Å². The highest BCUT2D eigenvalue weighted by molar-refractivity contribution is 7.84. The predicted octanol–water partition coefficient (Wildman–Crippen LogP) is 1.67. The van der Waals surface area contributed by atoms with Crippen molar-refractivity contribution in [1.82, 2.24) is 14.7 Å². The van der Waals surface area contributed by atoms with E-state index in [1.165, 1.54) is 19.6 Å². The summed E-state index contributed by atoms with van der Waals surface area (Å²) in [7, 11) is -2.74. The molecule has 14 heteroatoms. The topological polar surface area (TPSA) is 160 Å². The van der Waals surface area contributed by atoms with Crippen molar-refractivity contribution in [1.29, 1.82) is 0 Å². The number of halogens is 1. The third-order valence-electron chi connectivity index (χ3n) is 6.24. The summed E-state index contributed by atoms with van der Waals surface area (Å²) in [5.41, 5.74) is 0.710. The Hall–Kier alpha value is -1.71. The van der Waals surface area contributed by atoms with Crippen molar-refractivity contribution < 1.29 is 32.3 Å². The second-order valence-electron chi connectivity index (χ2n) is 8.52. The van der Waals surface area contributed by atoms with Gasteiger partial charge in [0.25, 0.3) is 0 Å². The van der Waals surface area contributed by atoms with E-state index in [0.29, 0.717) is 40.8 Å². The van der Waals surface area contributed by atoms with Crippen LogP contribution in [0.3, 0.4) is 0 Å². The van der Waals surface area contributed by atoms with Crippen molar-refractivity contribution in [2.45, 2.75) is 50.0 Å². The number of thiophene rings is 1. The number of nitrogens with zero attached hydrogens (tertiary/aromatic N) is 2. The van der Waals surface area contributed by atoms with Crippen molar-refractivity contribution in [3.63, 3.8) is 0 Å². The molecule has 0 amide bonds. The summed E-state index contributed by atoms with van der Waals surface area (Å²) in [5.74, 6) is -0.114. The van der Waals surface area contributed by atoms with Crippen molar-refractivity contribution in [3.8, 4) is 0 Å². The van der Waals surface area contributed by atoms with Crippen LogP contribution in [-0.2, 0) is 19.2 Å². The molecule has 0 aromatic carbocycles. The first-order chi connectivity index (χ1) is 16.7. The lowest BCUT2D eigenvalue weighted by Crippen LogP contribution is -2.31. The van der Waals surface area contributed by atoms with Gasteiger partial charge in [-0.25, -0.2) is 9.97 Å². The SMILES string of the molecule is CNS(=O)(=O)O[C@@H]1C[C@H](Nc2ncncc2C(=O)c2cc([C@H](O)C3CCOCC3)c(Cl)s2)C[C@@H]1O. The zero-order chi connectivity index (χ0) is 25.2. The normalized spacial score (nSPS) is 24.4. The molecule has 2 aliphatic rings. The quantitative estimate of drug-likeness (QED) is 0.340. The number of anilines is 1. The van der Waals surface area contributed by atoms with Crippen LogP contribution in [0.2, 0.25) is 4.34 Å². The number of ketones is 1. The number of aliphatic hydroxyl groups is 2. The Morgan fingerprint density at radius 2 is 2.09 bits per heavy atom. The fourth-order valence-electron chi connectivity index (χ4n) is 4.33. The third-order valence-corrected chi connectivity index (χ3v) is 8.63. The van der Waals surface area contributed by atoms with E-state index in [1.807, 2.05) is 0 Å². The summed E-state index contributed by atoms with van der Waals surface area (Å²) in [6.07, 6.45) is 1.74. The number of carbonyl (C=O) groups excluding carboxylic acids is 1. The van der Waals surface area contributed by atoms with Crippen LogP contribution in [0.4, 0.5) is 5.82 Å². The number of hydrogen-bond acceptors (Lipinski definition) is 11. The molecule has 2 fully saturated rings. The lowest BCUT2D eigenvalue weighted by Gasteiger charge is -2.26. The van der Waals surface area contributed by atoms with E-state index in [-0.39, 0.29) is 42.0 Å². The van der Waals surface area contributed by atoms with Gasteiger partial charge in [0.2, 0.25) is 5.78 Å². The Morgan fingerprint density at radius 1 is 1.34 bits per heavy atom. The van der Waals surface area contributed by atoms with Crippen LogP contribution in [0.15, 0.2) is 18.6 Å². The molecule has 4 rings (SSSR count). The van der Waals surface area contributed by atoms with E-state index in [4.69, 9.17) is 20.5 Å². The van der Waals surface area contributed by atoms with Gasteiger partial charge < -0.3 is 20.3 Å². The number of aromatic nitrogens is 2. The average Bonchev–Trinajstić information content (AvgIpc) is 3.40. The van der Waals surface area contributed by atoms with Gasteiger partial charge >= 0.3 is 10.3 Å². The first-order valence-corrected chi connectivity index (χ1v) is 13.7. The van der Waals surface area contributed by atoms with Crippen molar-refractivity contribution in [2.75, 3.05) is 25.6 Å². The minimum atomic E-state index is -3.96. The summed E-state index contributed by atoms with van der Waals surface area (Å²) < 4.78 is 36.1. The molecule has 0 unspecified atom stereocenters. The molecule has 4 atom stereocenters. The standard InChI is InChI=1S/C21H27ClN4O7S2/c1-23-35(30,31)33-16-7-12(6-15(16)27)26-21-14(9-24-10-25-21)19(29)17-8-13(20(22)34-17)18(28)11-2-4-32-5-3-11/h8-12,15-16,18,23,27-28H,2-7H2,1H3,(H,24,25,26)/t12-,15+,16-,18-/m1/s1. The molecule has 192 valence electrons. The maximum atomic E-state index is 13.3. The van der Waals surface area contributed by atoms with Gasteiger partial charge in [-0.2, -0.15) is 13.1 Å². The van der Waals surface area contributed by atoms with E-state index >= 15 is 0 Å². The molecule has 0 bridgehead atoms. The third kappa shape index (κ3) is 6.17. The van der Waals surface area contributed by atoms with E-state index in [2.05, 4.69) is 20.0 Å². The number of hydrogen-bond donors (Lipinski definition) is 4. The van der Waals surface area contributed by atoms with E-state index in [0.717, 1.165) is 11.3 Å². The summed E-state index contributed by atoms with van der Waals surface area (Å²) in [5, 5.41) is 24.2. The average molecular weight is 547 g/mol. The molecule has 11 nitrogen and oxygen atoms in total. The molecule has 1 aliphatic carbocycles. The van der Waals surface area contributed by atoms with Crippen LogP contribution in [0.1, 0.15) is 52.6 Å². The first-order valence-electron chi connectivity index (χ1n) is 11.1. The van der Waals surface area contributed by atoms with Crippen LogP contribution in [0, 0.1) is 5.92 Å². The Kier molecular flexibility index (Phi) is 8.38. The molecular formula is C21H27ClN4O7S2. The fraction of sp³-hybridized carbons (Fsp3) is 0.571. The van der Waals surface area contributed by atoms with Crippen LogP contribution >= 0.6 is 22.9 Å². The molecular weight excluding hydrogens is 520 g/mol. The zero-order valence-electron chi connectivity index (χ0n) is 18.9. The molecule has 0 spiro atoms. The Labute approximate surface area is 212 Å². The highest BCUT2D eigenvalue weighted by atomic mass is 35.5. The van der Waals surface area contributed by atoms with Crippen LogP contribution < -0.4 is 10.0 Å². The van der Waals surface area contributed by atoms with Crippen LogP contribution in [-0.4, -0.2) is 72.9 Å². The second kappa shape index (κ2) is 11.1. The molecule has 2 aromatic rings. The maximum Gasteiger partial charge on any atom is 0.335 e. The Balaban J connectivity index is 1.49. The maximum absolute atomic E-state index is 13.3. The summed E-state index contributed by atoms with van der Waals surface area (Å²) >= 11 is 7.48. The van der Waals surface area contributed by atoms with Gasteiger partial charge in [-0.15, -0.1) is 11.3 Å². The fourth-order valence-corrected chi connectivity index (χ4v) is 6.25. The highest BCUT2D eigenvalue weighted by Crippen LogP contribution is 2.39. The van der Waals surface area contributed by atoms with E-state index in [9.17, 15) is 23.4 Å². The van der Waals surface area contributed by atoms with Crippen molar-refractivity contribution in [2.24, 2.45) is 5.92 Å². The van der Waals surface area contributed by atoms with Gasteiger partial charge in [0.05, 0.1) is 27.0 Å². The molecule has 0 radical (unpaired) electrons.